The highest BCUT2D eigenvalue weighted by Crippen LogP contribution is 2.11. The number of aliphatic hydroxyl groups excluding tert-OH is 1. The van der Waals surface area contributed by atoms with Crippen molar-refractivity contribution in [2.75, 3.05) is 20.6 Å². The molecule has 0 aromatic heterocycles. The van der Waals surface area contributed by atoms with Crippen molar-refractivity contribution in [3.8, 4) is 0 Å². The summed E-state index contributed by atoms with van der Waals surface area (Å²) in [5.41, 5.74) is 6.43. The van der Waals surface area contributed by atoms with E-state index in [-0.39, 0.29) is 5.82 Å². The average molecular weight is 240 g/mol. The molecule has 1 rings (SSSR count). The van der Waals surface area contributed by atoms with E-state index in [1.165, 1.54) is 6.07 Å². The van der Waals surface area contributed by atoms with E-state index in [0.29, 0.717) is 18.4 Å². The van der Waals surface area contributed by atoms with Crippen molar-refractivity contribution < 1.29 is 9.50 Å². The summed E-state index contributed by atoms with van der Waals surface area (Å²) in [5, 5.41) is 9.84. The fourth-order valence-corrected chi connectivity index (χ4v) is 1.66. The Balaban J connectivity index is 2.48. The van der Waals surface area contributed by atoms with Gasteiger partial charge >= 0.3 is 0 Å². The van der Waals surface area contributed by atoms with Crippen molar-refractivity contribution in [2.24, 2.45) is 5.73 Å². The minimum atomic E-state index is -0.600. The van der Waals surface area contributed by atoms with Crippen molar-refractivity contribution in [2.45, 2.75) is 25.0 Å². The van der Waals surface area contributed by atoms with E-state index in [4.69, 9.17) is 5.73 Å². The monoisotopic (exact) mass is 240 g/mol. The summed E-state index contributed by atoms with van der Waals surface area (Å²) in [6.07, 6.45) is 0.362. The number of halogens is 1. The maximum atomic E-state index is 13.4. The van der Waals surface area contributed by atoms with Gasteiger partial charge in [0.05, 0.1) is 6.10 Å². The summed E-state index contributed by atoms with van der Waals surface area (Å²) in [7, 11) is 3.88. The number of nitrogens with zero attached hydrogens (tertiary/aromatic N) is 1. The maximum Gasteiger partial charge on any atom is 0.126 e. The number of hydrogen-bond acceptors (Lipinski definition) is 3. The lowest BCUT2D eigenvalue weighted by Crippen LogP contribution is -2.38. The average Bonchev–Trinajstić information content (AvgIpc) is 2.28. The molecule has 0 bridgehead atoms. The quantitative estimate of drug-likeness (QED) is 0.780. The highest BCUT2D eigenvalue weighted by atomic mass is 19.1. The van der Waals surface area contributed by atoms with Gasteiger partial charge in [0, 0.05) is 12.6 Å². The number of hydrogen-bond donors (Lipinski definition) is 2. The van der Waals surface area contributed by atoms with E-state index in [1.807, 2.05) is 19.0 Å². The first kappa shape index (κ1) is 14.1. The van der Waals surface area contributed by atoms with Crippen molar-refractivity contribution >= 4 is 0 Å². The minimum absolute atomic E-state index is 0.261. The second-order valence-electron chi connectivity index (χ2n) is 4.62. The van der Waals surface area contributed by atoms with E-state index in [1.54, 1.807) is 18.2 Å². The first-order valence-corrected chi connectivity index (χ1v) is 5.82. The third-order valence-electron chi connectivity index (χ3n) is 2.78. The molecular formula is C13H21FN2O. The van der Waals surface area contributed by atoms with Gasteiger partial charge in [-0.1, -0.05) is 18.2 Å². The van der Waals surface area contributed by atoms with Gasteiger partial charge < -0.3 is 15.7 Å². The standard InChI is InChI=1S/C13H21FN2O/c1-16(2)8-7-13(17)12(15)9-10-5-3-4-6-11(10)14/h3-6,12-13,17H,7-9,15H2,1-2H3. The fraction of sp³-hybridized carbons (Fsp3) is 0.538. The van der Waals surface area contributed by atoms with Crippen LogP contribution in [-0.2, 0) is 6.42 Å². The van der Waals surface area contributed by atoms with Gasteiger partial charge in [-0.2, -0.15) is 0 Å². The van der Waals surface area contributed by atoms with Crippen LogP contribution in [0.4, 0.5) is 4.39 Å². The summed E-state index contributed by atoms with van der Waals surface area (Å²) >= 11 is 0. The molecule has 3 nitrogen and oxygen atoms in total. The Kier molecular flexibility index (Phi) is 5.55. The Morgan fingerprint density at radius 2 is 2.00 bits per heavy atom. The molecule has 96 valence electrons. The molecule has 1 aromatic carbocycles. The van der Waals surface area contributed by atoms with Crippen LogP contribution in [0.25, 0.3) is 0 Å². The van der Waals surface area contributed by atoms with E-state index >= 15 is 0 Å². The zero-order valence-corrected chi connectivity index (χ0v) is 10.4. The zero-order chi connectivity index (χ0) is 12.8. The first-order valence-electron chi connectivity index (χ1n) is 5.82. The third kappa shape index (κ3) is 4.81. The second-order valence-corrected chi connectivity index (χ2v) is 4.62. The summed E-state index contributed by atoms with van der Waals surface area (Å²) < 4.78 is 13.4. The molecule has 2 unspecified atom stereocenters. The lowest BCUT2D eigenvalue weighted by molar-refractivity contribution is 0.124. The molecule has 0 amide bonds. The Morgan fingerprint density at radius 3 is 2.59 bits per heavy atom. The lowest BCUT2D eigenvalue weighted by Gasteiger charge is -2.20. The topological polar surface area (TPSA) is 49.5 Å². The van der Waals surface area contributed by atoms with Gasteiger partial charge in [-0.25, -0.2) is 4.39 Å². The van der Waals surface area contributed by atoms with Crippen LogP contribution in [-0.4, -0.2) is 42.8 Å². The van der Waals surface area contributed by atoms with Crippen LogP contribution in [0.15, 0.2) is 24.3 Å². The van der Waals surface area contributed by atoms with E-state index < -0.39 is 12.1 Å². The van der Waals surface area contributed by atoms with E-state index in [9.17, 15) is 9.50 Å². The van der Waals surface area contributed by atoms with Gasteiger partial charge in [0.25, 0.3) is 0 Å². The smallest absolute Gasteiger partial charge is 0.126 e. The Hall–Kier alpha value is -0.970. The van der Waals surface area contributed by atoms with E-state index in [0.717, 1.165) is 6.54 Å². The third-order valence-corrected chi connectivity index (χ3v) is 2.78. The van der Waals surface area contributed by atoms with E-state index in [2.05, 4.69) is 0 Å². The van der Waals surface area contributed by atoms with Gasteiger partial charge in [0.2, 0.25) is 0 Å². The zero-order valence-electron chi connectivity index (χ0n) is 10.4. The molecule has 0 saturated heterocycles. The van der Waals surface area contributed by atoms with Crippen LogP contribution in [0.5, 0.6) is 0 Å². The van der Waals surface area contributed by atoms with Gasteiger partial charge in [-0.05, 0) is 38.6 Å². The molecule has 0 spiro atoms. The SMILES string of the molecule is CN(C)CCC(O)C(N)Cc1ccccc1F. The molecule has 0 aliphatic heterocycles. The van der Waals surface area contributed by atoms with Gasteiger partial charge in [-0.15, -0.1) is 0 Å². The summed E-state index contributed by atoms with van der Waals surface area (Å²) in [4.78, 5) is 1.99. The summed E-state index contributed by atoms with van der Waals surface area (Å²) in [6, 6.07) is 6.11. The van der Waals surface area contributed by atoms with Gasteiger partial charge in [0.15, 0.2) is 0 Å². The van der Waals surface area contributed by atoms with Crippen LogP contribution in [0, 0.1) is 5.82 Å². The lowest BCUT2D eigenvalue weighted by atomic mass is 10.00. The minimum Gasteiger partial charge on any atom is -0.391 e. The summed E-state index contributed by atoms with van der Waals surface area (Å²) in [6.45, 7) is 0.770. The predicted octanol–water partition coefficient (Wildman–Crippen LogP) is 1.01. The molecule has 1 aromatic rings. The molecule has 0 aliphatic carbocycles. The van der Waals surface area contributed by atoms with Crippen molar-refractivity contribution in [1.82, 2.24) is 4.90 Å². The van der Waals surface area contributed by atoms with Crippen molar-refractivity contribution in [3.05, 3.63) is 35.6 Å². The molecule has 0 aliphatic rings. The van der Waals surface area contributed by atoms with Gasteiger partial charge in [0.1, 0.15) is 5.82 Å². The summed E-state index contributed by atoms with van der Waals surface area (Å²) in [5.74, 6) is -0.261. The van der Waals surface area contributed by atoms with Crippen LogP contribution in [0.1, 0.15) is 12.0 Å². The largest absolute Gasteiger partial charge is 0.391 e. The molecule has 3 N–H and O–H groups in total. The maximum absolute atomic E-state index is 13.4. The second kappa shape index (κ2) is 6.69. The molecule has 0 heterocycles. The molecular weight excluding hydrogens is 219 g/mol. The van der Waals surface area contributed by atoms with Crippen molar-refractivity contribution in [1.29, 1.82) is 0 Å². The predicted molar refractivity (Wildman–Crippen MR) is 67.3 cm³/mol. The van der Waals surface area contributed by atoms with Crippen LogP contribution < -0.4 is 5.73 Å². The molecule has 0 fully saturated rings. The van der Waals surface area contributed by atoms with Crippen LogP contribution >= 0.6 is 0 Å². The number of rotatable bonds is 6. The van der Waals surface area contributed by atoms with Crippen molar-refractivity contribution in [3.63, 3.8) is 0 Å². The first-order chi connectivity index (χ1) is 8.00. The highest BCUT2D eigenvalue weighted by molar-refractivity contribution is 5.18. The Labute approximate surface area is 102 Å². The van der Waals surface area contributed by atoms with Crippen LogP contribution in [0.2, 0.25) is 0 Å². The number of nitrogens with two attached hydrogens (primary N) is 1. The number of benzene rings is 1. The molecule has 2 atom stereocenters. The number of aliphatic hydroxyl groups is 1. The normalized spacial score (nSPS) is 14.9. The molecule has 17 heavy (non-hydrogen) atoms. The molecule has 0 radical (unpaired) electrons. The highest BCUT2D eigenvalue weighted by Gasteiger charge is 2.16. The fourth-order valence-electron chi connectivity index (χ4n) is 1.66. The van der Waals surface area contributed by atoms with Gasteiger partial charge in [-0.3, -0.25) is 0 Å². The van der Waals surface area contributed by atoms with Crippen LogP contribution in [0.3, 0.4) is 0 Å². The molecule has 4 heteroatoms. The Bertz CT molecular complexity index is 344. The molecule has 0 saturated carbocycles. The Morgan fingerprint density at radius 1 is 1.35 bits per heavy atom.